The molecule has 2 N–H and O–H groups in total. The number of fused-ring (bicyclic) bond motifs is 2. The van der Waals surface area contributed by atoms with Crippen molar-refractivity contribution in [2.45, 2.75) is 18.6 Å². The second-order valence-electron chi connectivity index (χ2n) is 5.91. The first-order valence-electron chi connectivity index (χ1n) is 7.68. The number of hydrogen-bond acceptors (Lipinski definition) is 4. The van der Waals surface area contributed by atoms with Gasteiger partial charge in [0.05, 0.1) is 28.9 Å². The fraction of sp³-hybridized carbons (Fsp3) is 0.158. The van der Waals surface area contributed by atoms with Crippen molar-refractivity contribution in [3.63, 3.8) is 0 Å². The molecule has 0 aliphatic heterocycles. The average Bonchev–Trinajstić information content (AvgIpc) is 2.91. The zero-order valence-corrected chi connectivity index (χ0v) is 13.5. The van der Waals surface area contributed by atoms with Crippen molar-refractivity contribution in [2.24, 2.45) is 0 Å². The van der Waals surface area contributed by atoms with E-state index in [9.17, 15) is 10.4 Å². The summed E-state index contributed by atoms with van der Waals surface area (Å²) in [5.74, 6) is 0. The molecule has 0 spiro atoms. The summed E-state index contributed by atoms with van der Waals surface area (Å²) in [4.78, 5) is 4.31. The van der Waals surface area contributed by atoms with Crippen molar-refractivity contribution in [2.75, 3.05) is 5.32 Å². The van der Waals surface area contributed by atoms with Crippen LogP contribution in [0.1, 0.15) is 22.7 Å². The number of aliphatic hydroxyl groups is 1. The SMILES string of the molecule is N#Cc1cnc2ccc(Cl)cc2c1N[C@H]1c2ccccc2C[C@H]1O. The number of aliphatic hydroxyl groups excluding tert-OH is 1. The largest absolute Gasteiger partial charge is 0.390 e. The van der Waals surface area contributed by atoms with Gasteiger partial charge in [-0.3, -0.25) is 4.98 Å². The lowest BCUT2D eigenvalue weighted by Gasteiger charge is -2.21. The molecule has 4 rings (SSSR count). The molecule has 0 saturated heterocycles. The molecule has 24 heavy (non-hydrogen) atoms. The maximum Gasteiger partial charge on any atom is 0.103 e. The summed E-state index contributed by atoms with van der Waals surface area (Å²) >= 11 is 6.12. The molecule has 2 aromatic carbocycles. The third kappa shape index (κ3) is 2.39. The van der Waals surface area contributed by atoms with Crippen molar-refractivity contribution in [3.05, 3.63) is 70.4 Å². The Hall–Kier alpha value is -2.61. The third-order valence-corrected chi connectivity index (χ3v) is 4.69. The fourth-order valence-corrected chi connectivity index (χ4v) is 3.48. The standard InChI is InChI=1S/C19H14ClN3O/c20-13-5-6-16-15(8-13)18(12(9-21)10-22-16)23-19-14-4-2-1-3-11(14)7-17(19)24/h1-6,8,10,17,19,24H,7H2,(H,22,23)/t17-,19+/m1/s1. The molecule has 1 heterocycles. The van der Waals surface area contributed by atoms with Crippen LogP contribution < -0.4 is 5.32 Å². The maximum atomic E-state index is 10.5. The molecule has 5 heteroatoms. The number of hydrogen-bond donors (Lipinski definition) is 2. The van der Waals surface area contributed by atoms with Gasteiger partial charge < -0.3 is 10.4 Å². The van der Waals surface area contributed by atoms with Crippen molar-refractivity contribution >= 4 is 28.2 Å². The Morgan fingerprint density at radius 3 is 2.92 bits per heavy atom. The Morgan fingerprint density at radius 2 is 2.08 bits per heavy atom. The fourth-order valence-electron chi connectivity index (χ4n) is 3.31. The summed E-state index contributed by atoms with van der Waals surface area (Å²) in [6.45, 7) is 0. The van der Waals surface area contributed by atoms with Crippen LogP contribution in [0.3, 0.4) is 0 Å². The monoisotopic (exact) mass is 335 g/mol. The van der Waals surface area contributed by atoms with Crippen LogP contribution in [0.5, 0.6) is 0 Å². The first-order valence-corrected chi connectivity index (χ1v) is 8.06. The summed E-state index contributed by atoms with van der Waals surface area (Å²) in [7, 11) is 0. The molecule has 2 atom stereocenters. The Kier molecular flexibility index (Phi) is 3.61. The summed E-state index contributed by atoms with van der Waals surface area (Å²) in [6.07, 6.45) is 1.60. The van der Waals surface area contributed by atoms with Gasteiger partial charge in [0.15, 0.2) is 0 Å². The lowest BCUT2D eigenvalue weighted by atomic mass is 10.0. The molecule has 0 amide bonds. The third-order valence-electron chi connectivity index (χ3n) is 4.45. The molecule has 1 aliphatic rings. The van der Waals surface area contributed by atoms with Gasteiger partial charge >= 0.3 is 0 Å². The van der Waals surface area contributed by atoms with Gasteiger partial charge in [0, 0.05) is 23.0 Å². The van der Waals surface area contributed by atoms with E-state index in [1.807, 2.05) is 30.3 Å². The first-order chi connectivity index (χ1) is 11.7. The van der Waals surface area contributed by atoms with Crippen molar-refractivity contribution in [3.8, 4) is 6.07 Å². The highest BCUT2D eigenvalue weighted by Gasteiger charge is 2.31. The quantitative estimate of drug-likeness (QED) is 0.746. The van der Waals surface area contributed by atoms with Crippen LogP contribution in [-0.4, -0.2) is 16.2 Å². The molecule has 0 radical (unpaired) electrons. The minimum Gasteiger partial charge on any atom is -0.390 e. The second kappa shape index (κ2) is 5.79. The number of nitrogens with one attached hydrogen (secondary N) is 1. The van der Waals surface area contributed by atoms with Crippen LogP contribution in [0.25, 0.3) is 10.9 Å². The van der Waals surface area contributed by atoms with E-state index in [2.05, 4.69) is 16.4 Å². The van der Waals surface area contributed by atoms with Gasteiger partial charge in [-0.1, -0.05) is 35.9 Å². The van der Waals surface area contributed by atoms with Gasteiger partial charge in [-0.05, 0) is 29.3 Å². The van der Waals surface area contributed by atoms with Gasteiger partial charge in [-0.25, -0.2) is 0 Å². The van der Waals surface area contributed by atoms with Crippen LogP contribution in [0.4, 0.5) is 5.69 Å². The summed E-state index contributed by atoms with van der Waals surface area (Å²) < 4.78 is 0. The average molecular weight is 336 g/mol. The molecule has 118 valence electrons. The molecule has 3 aromatic rings. The zero-order valence-electron chi connectivity index (χ0n) is 12.7. The number of nitriles is 1. The van der Waals surface area contributed by atoms with Crippen LogP contribution in [0.15, 0.2) is 48.7 Å². The highest BCUT2D eigenvalue weighted by Crippen LogP contribution is 2.37. The molecule has 0 bridgehead atoms. The van der Waals surface area contributed by atoms with E-state index in [1.165, 1.54) is 0 Å². The van der Waals surface area contributed by atoms with Crippen LogP contribution in [0, 0.1) is 11.3 Å². The van der Waals surface area contributed by atoms with Crippen LogP contribution >= 0.6 is 11.6 Å². The number of aromatic nitrogens is 1. The zero-order chi connectivity index (χ0) is 16.7. The number of halogens is 1. The maximum absolute atomic E-state index is 10.5. The minimum absolute atomic E-state index is 0.266. The molecular formula is C19H14ClN3O. The topological polar surface area (TPSA) is 68.9 Å². The summed E-state index contributed by atoms with van der Waals surface area (Å²) in [5, 5.41) is 24.7. The van der Waals surface area contributed by atoms with E-state index in [-0.39, 0.29) is 6.04 Å². The van der Waals surface area contributed by atoms with E-state index in [4.69, 9.17) is 11.6 Å². The number of benzene rings is 2. The summed E-state index contributed by atoms with van der Waals surface area (Å²) in [5.41, 5.74) is 4.02. The van der Waals surface area contributed by atoms with Crippen LogP contribution in [-0.2, 0) is 6.42 Å². The molecule has 0 fully saturated rings. The molecule has 0 unspecified atom stereocenters. The number of anilines is 1. The van der Waals surface area contributed by atoms with Gasteiger partial charge in [-0.2, -0.15) is 5.26 Å². The van der Waals surface area contributed by atoms with E-state index in [0.29, 0.717) is 22.7 Å². The Morgan fingerprint density at radius 1 is 1.25 bits per heavy atom. The molecule has 1 aromatic heterocycles. The highest BCUT2D eigenvalue weighted by atomic mass is 35.5. The van der Waals surface area contributed by atoms with Crippen molar-refractivity contribution in [1.29, 1.82) is 5.26 Å². The van der Waals surface area contributed by atoms with Crippen molar-refractivity contribution in [1.82, 2.24) is 4.98 Å². The molecule has 4 nitrogen and oxygen atoms in total. The first kappa shape index (κ1) is 14.9. The molecular weight excluding hydrogens is 322 g/mol. The summed E-state index contributed by atoms with van der Waals surface area (Å²) in [6, 6.07) is 15.2. The van der Waals surface area contributed by atoms with E-state index in [0.717, 1.165) is 22.0 Å². The van der Waals surface area contributed by atoms with Gasteiger partial charge in [0.25, 0.3) is 0 Å². The van der Waals surface area contributed by atoms with E-state index < -0.39 is 6.10 Å². The lowest BCUT2D eigenvalue weighted by molar-refractivity contribution is 0.166. The predicted molar refractivity (Wildman–Crippen MR) is 94.0 cm³/mol. The van der Waals surface area contributed by atoms with E-state index in [1.54, 1.807) is 18.3 Å². The van der Waals surface area contributed by atoms with Gasteiger partial charge in [0.1, 0.15) is 6.07 Å². The number of pyridine rings is 1. The van der Waals surface area contributed by atoms with Crippen molar-refractivity contribution < 1.29 is 5.11 Å². The molecule has 1 aliphatic carbocycles. The van der Waals surface area contributed by atoms with Crippen LogP contribution in [0.2, 0.25) is 5.02 Å². The van der Waals surface area contributed by atoms with Gasteiger partial charge in [-0.15, -0.1) is 0 Å². The Labute approximate surface area is 144 Å². The number of rotatable bonds is 2. The predicted octanol–water partition coefficient (Wildman–Crippen LogP) is 3.83. The second-order valence-corrected chi connectivity index (χ2v) is 6.35. The minimum atomic E-state index is -0.545. The smallest absolute Gasteiger partial charge is 0.103 e. The Bertz CT molecular complexity index is 980. The number of nitrogens with zero attached hydrogens (tertiary/aromatic N) is 2. The highest BCUT2D eigenvalue weighted by molar-refractivity contribution is 6.31. The lowest BCUT2D eigenvalue weighted by Crippen LogP contribution is -2.21. The normalized spacial score (nSPS) is 19.0. The van der Waals surface area contributed by atoms with E-state index >= 15 is 0 Å². The molecule has 0 saturated carbocycles. The Balaban J connectivity index is 1.85. The van der Waals surface area contributed by atoms with Gasteiger partial charge in [0.2, 0.25) is 0 Å².